The second kappa shape index (κ2) is 6.23. The second-order valence-electron chi connectivity index (χ2n) is 5.33. The zero-order valence-corrected chi connectivity index (χ0v) is 11.3. The third-order valence-electron chi connectivity index (χ3n) is 4.07. The van der Waals surface area contributed by atoms with E-state index in [1.807, 2.05) is 11.8 Å². The highest BCUT2D eigenvalue weighted by Crippen LogP contribution is 2.26. The fraction of sp³-hybridized carbons (Fsp3) is 0.846. The van der Waals surface area contributed by atoms with E-state index in [9.17, 15) is 9.59 Å². The summed E-state index contributed by atoms with van der Waals surface area (Å²) in [4.78, 5) is 24.9. The predicted molar refractivity (Wildman–Crippen MR) is 68.9 cm³/mol. The minimum absolute atomic E-state index is 0.00560. The van der Waals surface area contributed by atoms with Crippen LogP contribution >= 0.6 is 0 Å². The Morgan fingerprint density at radius 3 is 2.84 bits per heavy atom. The molecule has 0 aromatic carbocycles. The summed E-state index contributed by atoms with van der Waals surface area (Å²) in [6.45, 7) is 3.81. The van der Waals surface area contributed by atoms with E-state index in [4.69, 9.17) is 9.84 Å². The average Bonchev–Trinajstić information content (AvgIpc) is 2.87. The number of carboxylic acids is 1. The van der Waals surface area contributed by atoms with Gasteiger partial charge >= 0.3 is 12.0 Å². The molecule has 2 N–H and O–H groups in total. The number of carboxylic acid groups (broad SMARTS) is 1. The predicted octanol–water partition coefficient (Wildman–Crippen LogP) is 1.06. The van der Waals surface area contributed by atoms with Gasteiger partial charge in [-0.05, 0) is 25.7 Å². The van der Waals surface area contributed by atoms with Crippen molar-refractivity contribution in [1.82, 2.24) is 10.2 Å². The molecule has 19 heavy (non-hydrogen) atoms. The van der Waals surface area contributed by atoms with Crippen LogP contribution in [0.2, 0.25) is 0 Å². The van der Waals surface area contributed by atoms with E-state index < -0.39 is 5.97 Å². The van der Waals surface area contributed by atoms with Gasteiger partial charge in [-0.2, -0.15) is 0 Å². The van der Waals surface area contributed by atoms with E-state index in [1.54, 1.807) is 0 Å². The van der Waals surface area contributed by atoms with Gasteiger partial charge in [0.2, 0.25) is 0 Å². The minimum Gasteiger partial charge on any atom is -0.481 e. The number of amides is 2. The lowest BCUT2D eigenvalue weighted by atomic mass is 10.1. The summed E-state index contributed by atoms with van der Waals surface area (Å²) in [7, 11) is 0. The molecule has 1 saturated carbocycles. The van der Waals surface area contributed by atoms with Gasteiger partial charge in [-0.3, -0.25) is 4.79 Å². The Bertz CT molecular complexity index is 348. The number of rotatable bonds is 3. The minimum atomic E-state index is -0.755. The number of morpholine rings is 1. The molecule has 0 radical (unpaired) electrons. The molecule has 1 aliphatic heterocycles. The zero-order chi connectivity index (χ0) is 13.8. The van der Waals surface area contributed by atoms with Crippen LogP contribution in [-0.2, 0) is 9.53 Å². The number of urea groups is 1. The van der Waals surface area contributed by atoms with E-state index >= 15 is 0 Å². The van der Waals surface area contributed by atoms with Crippen LogP contribution in [0.4, 0.5) is 4.79 Å². The maximum Gasteiger partial charge on any atom is 0.318 e. The van der Waals surface area contributed by atoms with E-state index in [0.717, 1.165) is 12.8 Å². The summed E-state index contributed by atoms with van der Waals surface area (Å²) in [6, 6.07) is 0.0468. The standard InChI is InChI=1S/C13H22N2O4/c1-2-11-8-19-6-5-15(11)13(18)14-10-4-3-9(7-10)12(16)17/h9-11H,2-8H2,1H3,(H,14,18)(H,16,17)/t9-,10+,11?/m1/s1. The van der Waals surface area contributed by atoms with Crippen LogP contribution in [-0.4, -0.2) is 53.8 Å². The molecule has 2 amide bonds. The summed E-state index contributed by atoms with van der Waals surface area (Å²) in [5.41, 5.74) is 0. The van der Waals surface area contributed by atoms with Crippen molar-refractivity contribution in [2.75, 3.05) is 19.8 Å². The quantitative estimate of drug-likeness (QED) is 0.803. The van der Waals surface area contributed by atoms with Crippen LogP contribution in [0, 0.1) is 5.92 Å². The molecule has 1 heterocycles. The number of carbonyl (C=O) groups is 2. The van der Waals surface area contributed by atoms with E-state index in [1.165, 1.54) is 0 Å². The first-order valence-electron chi connectivity index (χ1n) is 6.99. The largest absolute Gasteiger partial charge is 0.481 e. The van der Waals surface area contributed by atoms with E-state index in [2.05, 4.69) is 5.32 Å². The Morgan fingerprint density at radius 2 is 2.21 bits per heavy atom. The van der Waals surface area contributed by atoms with E-state index in [0.29, 0.717) is 32.6 Å². The molecule has 6 heteroatoms. The number of nitrogens with one attached hydrogen (secondary N) is 1. The number of hydrogen-bond donors (Lipinski definition) is 2. The van der Waals surface area contributed by atoms with Gasteiger partial charge in [0.15, 0.2) is 0 Å². The summed E-state index contributed by atoms with van der Waals surface area (Å²) in [5, 5.41) is 11.9. The molecule has 3 atom stereocenters. The van der Waals surface area contributed by atoms with Gasteiger partial charge in [0, 0.05) is 12.6 Å². The van der Waals surface area contributed by atoms with Crippen molar-refractivity contribution in [2.45, 2.75) is 44.7 Å². The third kappa shape index (κ3) is 3.37. The Kier molecular flexibility index (Phi) is 4.63. The third-order valence-corrected chi connectivity index (χ3v) is 4.07. The molecule has 0 spiro atoms. The molecule has 0 bridgehead atoms. The zero-order valence-electron chi connectivity index (χ0n) is 11.3. The van der Waals surface area contributed by atoms with Crippen LogP contribution in [0.15, 0.2) is 0 Å². The number of hydrogen-bond acceptors (Lipinski definition) is 3. The van der Waals surface area contributed by atoms with Crippen LogP contribution in [0.3, 0.4) is 0 Å². The maximum absolute atomic E-state index is 12.2. The molecule has 2 rings (SSSR count). The van der Waals surface area contributed by atoms with Crippen LogP contribution < -0.4 is 5.32 Å². The fourth-order valence-electron chi connectivity index (χ4n) is 2.85. The highest BCUT2D eigenvalue weighted by molar-refractivity contribution is 5.75. The van der Waals surface area contributed by atoms with Gasteiger partial charge in [0.05, 0.1) is 25.2 Å². The molecule has 0 aromatic heterocycles. The van der Waals surface area contributed by atoms with Gasteiger partial charge in [0.25, 0.3) is 0 Å². The monoisotopic (exact) mass is 270 g/mol. The summed E-state index contributed by atoms with van der Waals surface area (Å²) >= 11 is 0. The summed E-state index contributed by atoms with van der Waals surface area (Å²) in [5.74, 6) is -1.06. The Balaban J connectivity index is 1.85. The van der Waals surface area contributed by atoms with E-state index in [-0.39, 0.29) is 24.0 Å². The number of aliphatic carboxylic acids is 1. The van der Waals surface area contributed by atoms with Crippen LogP contribution in [0.25, 0.3) is 0 Å². The molecular formula is C13H22N2O4. The lowest BCUT2D eigenvalue weighted by molar-refractivity contribution is -0.141. The van der Waals surface area contributed by atoms with Crippen LogP contribution in [0.5, 0.6) is 0 Å². The molecule has 108 valence electrons. The summed E-state index contributed by atoms with van der Waals surface area (Å²) in [6.07, 6.45) is 2.82. The number of nitrogens with zero attached hydrogens (tertiary/aromatic N) is 1. The second-order valence-corrected chi connectivity index (χ2v) is 5.33. The summed E-state index contributed by atoms with van der Waals surface area (Å²) < 4.78 is 5.37. The van der Waals surface area contributed by atoms with Crippen molar-refractivity contribution in [3.05, 3.63) is 0 Å². The van der Waals surface area contributed by atoms with Crippen molar-refractivity contribution in [2.24, 2.45) is 5.92 Å². The molecular weight excluding hydrogens is 248 g/mol. The highest BCUT2D eigenvalue weighted by Gasteiger charge is 2.33. The van der Waals surface area contributed by atoms with Gasteiger partial charge in [-0.1, -0.05) is 6.92 Å². The molecule has 1 aliphatic carbocycles. The number of ether oxygens (including phenoxy) is 1. The highest BCUT2D eigenvalue weighted by atomic mass is 16.5. The van der Waals surface area contributed by atoms with Gasteiger partial charge < -0.3 is 20.1 Å². The van der Waals surface area contributed by atoms with Gasteiger partial charge in [-0.15, -0.1) is 0 Å². The topological polar surface area (TPSA) is 78.9 Å². The van der Waals surface area contributed by atoms with Crippen molar-refractivity contribution in [1.29, 1.82) is 0 Å². The average molecular weight is 270 g/mol. The Hall–Kier alpha value is -1.30. The van der Waals surface area contributed by atoms with Crippen molar-refractivity contribution < 1.29 is 19.4 Å². The van der Waals surface area contributed by atoms with Crippen molar-refractivity contribution in [3.63, 3.8) is 0 Å². The molecule has 1 saturated heterocycles. The van der Waals surface area contributed by atoms with Gasteiger partial charge in [-0.25, -0.2) is 4.79 Å². The Labute approximate surface area is 113 Å². The first-order chi connectivity index (χ1) is 9.11. The smallest absolute Gasteiger partial charge is 0.318 e. The first kappa shape index (κ1) is 14.1. The fourth-order valence-corrected chi connectivity index (χ4v) is 2.85. The first-order valence-corrected chi connectivity index (χ1v) is 6.99. The van der Waals surface area contributed by atoms with Gasteiger partial charge in [0.1, 0.15) is 0 Å². The molecule has 2 fully saturated rings. The Morgan fingerprint density at radius 1 is 1.42 bits per heavy atom. The maximum atomic E-state index is 12.2. The number of carbonyl (C=O) groups excluding carboxylic acids is 1. The molecule has 1 unspecified atom stereocenters. The van der Waals surface area contributed by atoms with Crippen molar-refractivity contribution >= 4 is 12.0 Å². The molecule has 2 aliphatic rings. The molecule has 0 aromatic rings. The van der Waals surface area contributed by atoms with Crippen molar-refractivity contribution in [3.8, 4) is 0 Å². The lowest BCUT2D eigenvalue weighted by Gasteiger charge is -2.35. The normalized spacial score (nSPS) is 31.2. The SMILES string of the molecule is CCC1COCCN1C(=O)N[C@H]1CC[C@@H](C(=O)O)C1. The lowest BCUT2D eigenvalue weighted by Crippen LogP contribution is -2.53. The molecule has 6 nitrogen and oxygen atoms in total. The van der Waals surface area contributed by atoms with Crippen LogP contribution in [0.1, 0.15) is 32.6 Å².